The molecule has 1 saturated heterocycles. The van der Waals surface area contributed by atoms with Gasteiger partial charge >= 0.3 is 0 Å². The van der Waals surface area contributed by atoms with Crippen LogP contribution in [0.5, 0.6) is 0 Å². The van der Waals surface area contributed by atoms with Crippen molar-refractivity contribution in [2.24, 2.45) is 0 Å². The fourth-order valence-electron chi connectivity index (χ4n) is 4.09. The third-order valence-electron chi connectivity index (χ3n) is 4.95. The lowest BCUT2D eigenvalue weighted by Gasteiger charge is -2.36. The molecule has 2 heterocycles. The minimum absolute atomic E-state index is 0.541. The smallest absolute Gasteiger partial charge is 0.0488 e. The molecule has 0 amide bonds. The zero-order valence-electron chi connectivity index (χ0n) is 11.8. The van der Waals surface area contributed by atoms with Gasteiger partial charge in [0, 0.05) is 35.1 Å². The van der Waals surface area contributed by atoms with Crippen molar-refractivity contribution in [3.05, 3.63) is 35.5 Å². The second kappa shape index (κ2) is 4.11. The number of fused-ring (bicyclic) bond motifs is 2. The van der Waals surface area contributed by atoms with Gasteiger partial charge in [-0.3, -0.25) is 0 Å². The average Bonchev–Trinajstić information content (AvgIpc) is 2.80. The first kappa shape index (κ1) is 11.5. The predicted molar refractivity (Wildman–Crippen MR) is 79.8 cm³/mol. The molecule has 0 bridgehead atoms. The van der Waals surface area contributed by atoms with Crippen molar-refractivity contribution < 1.29 is 0 Å². The number of nitrogens with one attached hydrogen (secondary N) is 1. The Morgan fingerprint density at radius 1 is 1.32 bits per heavy atom. The van der Waals surface area contributed by atoms with Crippen LogP contribution in [0.1, 0.15) is 49.8 Å². The molecule has 0 saturated carbocycles. The third kappa shape index (κ3) is 1.59. The van der Waals surface area contributed by atoms with E-state index in [0.29, 0.717) is 12.1 Å². The molecule has 1 N–H and O–H groups in total. The highest BCUT2D eigenvalue weighted by Gasteiger charge is 2.33. The molecule has 1 aliphatic carbocycles. The molecule has 1 aromatic carbocycles. The van der Waals surface area contributed by atoms with Gasteiger partial charge in [0.1, 0.15) is 0 Å². The molecule has 2 heteroatoms. The Labute approximate surface area is 114 Å². The van der Waals surface area contributed by atoms with E-state index in [0.717, 1.165) is 5.92 Å². The number of hydrogen-bond acceptors (Lipinski definition) is 1. The van der Waals surface area contributed by atoms with E-state index in [-0.39, 0.29) is 0 Å². The van der Waals surface area contributed by atoms with E-state index >= 15 is 0 Å². The van der Waals surface area contributed by atoms with Crippen molar-refractivity contribution in [1.82, 2.24) is 9.88 Å². The monoisotopic (exact) mass is 254 g/mol. The van der Waals surface area contributed by atoms with E-state index in [1.165, 1.54) is 31.3 Å². The molecule has 2 aromatic rings. The predicted octanol–water partition coefficient (Wildman–Crippen LogP) is 3.61. The highest BCUT2D eigenvalue weighted by Crippen LogP contribution is 2.41. The van der Waals surface area contributed by atoms with Crippen molar-refractivity contribution >= 4 is 10.9 Å². The van der Waals surface area contributed by atoms with Gasteiger partial charge in [0.05, 0.1) is 0 Å². The number of aromatic nitrogens is 1. The Hall–Kier alpha value is -1.28. The molecule has 0 radical (unpaired) electrons. The SMILES string of the molecule is CC(C)n1cc2c3c(cccc31)[C@H]1CCCN[C@@H]1C2. The van der Waals surface area contributed by atoms with Crippen molar-refractivity contribution in [1.29, 1.82) is 0 Å². The Morgan fingerprint density at radius 3 is 3.05 bits per heavy atom. The lowest BCUT2D eigenvalue weighted by molar-refractivity contribution is 0.345. The molecule has 1 aliphatic heterocycles. The topological polar surface area (TPSA) is 17.0 Å². The molecule has 1 fully saturated rings. The zero-order chi connectivity index (χ0) is 13.0. The molecule has 0 spiro atoms. The summed E-state index contributed by atoms with van der Waals surface area (Å²) in [5.74, 6) is 0.730. The number of hydrogen-bond donors (Lipinski definition) is 1. The lowest BCUT2D eigenvalue weighted by atomic mass is 9.76. The van der Waals surface area contributed by atoms with E-state index in [1.54, 1.807) is 16.5 Å². The van der Waals surface area contributed by atoms with Crippen molar-refractivity contribution in [2.75, 3.05) is 6.54 Å². The second-order valence-electron chi connectivity index (χ2n) is 6.41. The quantitative estimate of drug-likeness (QED) is 0.822. The summed E-state index contributed by atoms with van der Waals surface area (Å²) in [5.41, 5.74) is 4.58. The molecule has 0 unspecified atom stereocenters. The highest BCUT2D eigenvalue weighted by molar-refractivity contribution is 5.89. The molecule has 2 atom stereocenters. The third-order valence-corrected chi connectivity index (χ3v) is 4.95. The van der Waals surface area contributed by atoms with E-state index in [4.69, 9.17) is 0 Å². The maximum atomic E-state index is 3.73. The van der Waals surface area contributed by atoms with Gasteiger partial charge in [-0.15, -0.1) is 0 Å². The summed E-state index contributed by atoms with van der Waals surface area (Å²) >= 11 is 0. The molecule has 1 aromatic heterocycles. The summed E-state index contributed by atoms with van der Waals surface area (Å²) < 4.78 is 2.45. The van der Waals surface area contributed by atoms with Crippen molar-refractivity contribution in [3.63, 3.8) is 0 Å². The molecular weight excluding hydrogens is 232 g/mol. The number of benzene rings is 1. The summed E-state index contributed by atoms with van der Waals surface area (Å²) in [4.78, 5) is 0. The number of rotatable bonds is 1. The van der Waals surface area contributed by atoms with Crippen LogP contribution in [0.25, 0.3) is 10.9 Å². The van der Waals surface area contributed by atoms with Crippen LogP contribution in [0.15, 0.2) is 24.4 Å². The van der Waals surface area contributed by atoms with Gasteiger partial charge in [0.2, 0.25) is 0 Å². The molecule has 2 nitrogen and oxygen atoms in total. The summed E-state index contributed by atoms with van der Waals surface area (Å²) in [5, 5.41) is 5.29. The van der Waals surface area contributed by atoms with Crippen LogP contribution in [0.2, 0.25) is 0 Å². The first-order valence-corrected chi connectivity index (χ1v) is 7.61. The standard InChI is InChI=1S/C17H22N2/c1-11(2)19-10-12-9-15-13(6-4-8-18-15)14-5-3-7-16(19)17(12)14/h3,5,7,10-11,13,15,18H,4,6,8-9H2,1-2H3/t13-,15-/m1/s1. The van der Waals surface area contributed by atoms with Gasteiger partial charge in [-0.1, -0.05) is 12.1 Å². The van der Waals surface area contributed by atoms with Crippen LogP contribution in [-0.2, 0) is 6.42 Å². The molecule has 2 aliphatic rings. The molecule has 19 heavy (non-hydrogen) atoms. The summed E-state index contributed by atoms with van der Waals surface area (Å²) in [6.45, 7) is 5.75. The fraction of sp³-hybridized carbons (Fsp3) is 0.529. The van der Waals surface area contributed by atoms with Crippen molar-refractivity contribution in [3.8, 4) is 0 Å². The van der Waals surface area contributed by atoms with Crippen LogP contribution >= 0.6 is 0 Å². The second-order valence-corrected chi connectivity index (χ2v) is 6.41. The summed E-state index contributed by atoms with van der Waals surface area (Å²) in [6.07, 6.45) is 6.27. The van der Waals surface area contributed by atoms with Crippen LogP contribution in [0.3, 0.4) is 0 Å². The van der Waals surface area contributed by atoms with Crippen LogP contribution in [-0.4, -0.2) is 17.2 Å². The Bertz CT molecular complexity index is 623. The Morgan fingerprint density at radius 2 is 2.21 bits per heavy atom. The largest absolute Gasteiger partial charge is 0.345 e. The van der Waals surface area contributed by atoms with Crippen LogP contribution in [0.4, 0.5) is 0 Å². The maximum absolute atomic E-state index is 3.73. The minimum atomic E-state index is 0.541. The highest BCUT2D eigenvalue weighted by atomic mass is 15.0. The maximum Gasteiger partial charge on any atom is 0.0488 e. The normalized spacial score (nSPS) is 25.8. The van der Waals surface area contributed by atoms with E-state index in [9.17, 15) is 0 Å². The van der Waals surface area contributed by atoms with Gasteiger partial charge < -0.3 is 9.88 Å². The zero-order valence-corrected chi connectivity index (χ0v) is 11.8. The minimum Gasteiger partial charge on any atom is -0.345 e. The van der Waals surface area contributed by atoms with E-state index < -0.39 is 0 Å². The Balaban J connectivity index is 1.96. The van der Waals surface area contributed by atoms with Crippen LogP contribution < -0.4 is 5.32 Å². The van der Waals surface area contributed by atoms with E-state index in [1.807, 2.05) is 0 Å². The fourth-order valence-corrected chi connectivity index (χ4v) is 4.09. The number of piperidine rings is 1. The van der Waals surface area contributed by atoms with Crippen LogP contribution in [0, 0.1) is 0 Å². The van der Waals surface area contributed by atoms with Gasteiger partial charge in [0.15, 0.2) is 0 Å². The average molecular weight is 254 g/mol. The van der Waals surface area contributed by atoms with Gasteiger partial charge in [-0.2, -0.15) is 0 Å². The van der Waals surface area contributed by atoms with Gasteiger partial charge in [-0.25, -0.2) is 0 Å². The molecular formula is C17H22N2. The summed E-state index contributed by atoms with van der Waals surface area (Å²) in [7, 11) is 0. The van der Waals surface area contributed by atoms with Crippen molar-refractivity contribution in [2.45, 2.75) is 51.1 Å². The van der Waals surface area contributed by atoms with E-state index in [2.05, 4.69) is 48.1 Å². The first-order chi connectivity index (χ1) is 9.25. The number of nitrogens with zero attached hydrogens (tertiary/aromatic N) is 1. The molecule has 100 valence electrons. The van der Waals surface area contributed by atoms with Gasteiger partial charge in [0.25, 0.3) is 0 Å². The Kier molecular flexibility index (Phi) is 2.49. The molecule has 4 rings (SSSR count). The van der Waals surface area contributed by atoms with Gasteiger partial charge in [-0.05, 0) is 56.8 Å². The lowest BCUT2D eigenvalue weighted by Crippen LogP contribution is -2.43. The summed E-state index contributed by atoms with van der Waals surface area (Å²) in [6, 6.07) is 8.10. The first-order valence-electron chi connectivity index (χ1n) is 7.61.